The molecule has 3 nitrogen and oxygen atoms in total. The number of hydrogen-bond acceptors (Lipinski definition) is 4. The van der Waals surface area contributed by atoms with E-state index in [9.17, 15) is 0 Å². The monoisotopic (exact) mass is 309 g/mol. The minimum atomic E-state index is 0.324. The highest BCUT2D eigenvalue weighted by Gasteiger charge is 2.09. The molecule has 0 saturated carbocycles. The lowest BCUT2D eigenvalue weighted by Crippen LogP contribution is -2.18. The van der Waals surface area contributed by atoms with Gasteiger partial charge >= 0.3 is 0 Å². The number of halogens is 1. The summed E-state index contributed by atoms with van der Waals surface area (Å²) in [5.74, 6) is 0. The van der Waals surface area contributed by atoms with E-state index in [4.69, 9.17) is 11.6 Å². The molecule has 0 aliphatic heterocycles. The Morgan fingerprint density at radius 3 is 2.65 bits per heavy atom. The summed E-state index contributed by atoms with van der Waals surface area (Å²) in [5.41, 5.74) is 2.20. The summed E-state index contributed by atoms with van der Waals surface area (Å²) in [7, 11) is 4.04. The summed E-state index contributed by atoms with van der Waals surface area (Å²) >= 11 is 7.58. The Kier molecular flexibility index (Phi) is 5.40. The predicted molar refractivity (Wildman–Crippen MR) is 87.8 cm³/mol. The molecule has 108 valence electrons. The molecule has 0 spiro atoms. The fourth-order valence-corrected chi connectivity index (χ4v) is 3.29. The minimum Gasteiger partial charge on any atom is -0.368 e. The first-order valence-corrected chi connectivity index (χ1v) is 7.92. The normalized spacial score (nSPS) is 12.4. The highest BCUT2D eigenvalue weighted by atomic mass is 35.5. The van der Waals surface area contributed by atoms with Gasteiger partial charge in [-0.05, 0) is 37.7 Å². The van der Waals surface area contributed by atoms with Crippen LogP contribution in [-0.2, 0) is 6.54 Å². The van der Waals surface area contributed by atoms with E-state index in [0.717, 1.165) is 28.7 Å². The van der Waals surface area contributed by atoms with Crippen LogP contribution in [0.5, 0.6) is 0 Å². The molecule has 2 heterocycles. The molecule has 0 bridgehead atoms. The van der Waals surface area contributed by atoms with Crippen LogP contribution in [0.1, 0.15) is 30.0 Å². The lowest BCUT2D eigenvalue weighted by atomic mass is 10.1. The quantitative estimate of drug-likeness (QED) is 0.870. The lowest BCUT2D eigenvalue weighted by molar-refractivity contribution is 0.561. The van der Waals surface area contributed by atoms with Gasteiger partial charge in [-0.2, -0.15) is 0 Å². The van der Waals surface area contributed by atoms with Crippen molar-refractivity contribution in [1.82, 2.24) is 10.3 Å². The molecule has 2 rings (SSSR count). The average Bonchev–Trinajstić information content (AvgIpc) is 2.86. The Balaban J connectivity index is 2.05. The van der Waals surface area contributed by atoms with E-state index in [-0.39, 0.29) is 0 Å². The van der Waals surface area contributed by atoms with Crippen molar-refractivity contribution < 1.29 is 0 Å². The molecule has 0 radical (unpaired) electrons. The second-order valence-corrected chi connectivity index (χ2v) is 6.55. The van der Waals surface area contributed by atoms with Gasteiger partial charge in [0, 0.05) is 18.0 Å². The molecule has 0 aliphatic rings. The van der Waals surface area contributed by atoms with E-state index in [0.29, 0.717) is 6.04 Å². The Morgan fingerprint density at radius 1 is 1.35 bits per heavy atom. The molecule has 0 aromatic carbocycles. The Bertz CT molecular complexity index is 534. The molecule has 0 saturated heterocycles. The molecule has 2 aromatic rings. The zero-order valence-corrected chi connectivity index (χ0v) is 13.6. The lowest BCUT2D eigenvalue weighted by Gasteiger charge is -2.19. The fourth-order valence-electron chi connectivity index (χ4n) is 2.15. The SMILES string of the molecule is CCC(NC)c1ccc(N(C)Cc2ccc(Cl)s2)cn1. The zero-order chi connectivity index (χ0) is 14.5. The van der Waals surface area contributed by atoms with Crippen molar-refractivity contribution in [3.05, 3.63) is 45.4 Å². The van der Waals surface area contributed by atoms with Gasteiger partial charge in [-0.15, -0.1) is 11.3 Å². The van der Waals surface area contributed by atoms with Crippen LogP contribution < -0.4 is 10.2 Å². The van der Waals surface area contributed by atoms with Crippen molar-refractivity contribution in [3.63, 3.8) is 0 Å². The smallest absolute Gasteiger partial charge is 0.0931 e. The molecule has 1 atom stereocenters. The molecule has 5 heteroatoms. The van der Waals surface area contributed by atoms with Crippen molar-refractivity contribution >= 4 is 28.6 Å². The summed E-state index contributed by atoms with van der Waals surface area (Å²) < 4.78 is 0.835. The van der Waals surface area contributed by atoms with Gasteiger partial charge in [0.2, 0.25) is 0 Å². The van der Waals surface area contributed by atoms with Crippen molar-refractivity contribution in [2.24, 2.45) is 0 Å². The molecular weight excluding hydrogens is 290 g/mol. The van der Waals surface area contributed by atoms with Gasteiger partial charge in [0.05, 0.1) is 28.5 Å². The van der Waals surface area contributed by atoms with Crippen molar-refractivity contribution in [3.8, 4) is 0 Å². The number of pyridine rings is 1. The summed E-state index contributed by atoms with van der Waals surface area (Å²) in [6.45, 7) is 3.01. The number of hydrogen-bond donors (Lipinski definition) is 1. The molecule has 2 aromatic heterocycles. The van der Waals surface area contributed by atoms with E-state index in [2.05, 4.69) is 47.4 Å². The van der Waals surface area contributed by atoms with Gasteiger partial charge in [0.1, 0.15) is 0 Å². The van der Waals surface area contributed by atoms with Crippen LogP contribution in [0.2, 0.25) is 4.34 Å². The van der Waals surface area contributed by atoms with Gasteiger partial charge in [0.25, 0.3) is 0 Å². The van der Waals surface area contributed by atoms with Crippen LogP contribution >= 0.6 is 22.9 Å². The van der Waals surface area contributed by atoms with E-state index in [1.54, 1.807) is 11.3 Å². The van der Waals surface area contributed by atoms with E-state index >= 15 is 0 Å². The molecule has 0 fully saturated rings. The third-order valence-corrected chi connectivity index (χ3v) is 4.56. The molecule has 0 aliphatic carbocycles. The van der Waals surface area contributed by atoms with Crippen LogP contribution in [0.3, 0.4) is 0 Å². The van der Waals surface area contributed by atoms with Crippen molar-refractivity contribution in [1.29, 1.82) is 0 Å². The summed E-state index contributed by atoms with van der Waals surface area (Å²) in [6, 6.07) is 8.55. The second-order valence-electron chi connectivity index (χ2n) is 4.75. The van der Waals surface area contributed by atoms with Crippen LogP contribution in [0.4, 0.5) is 5.69 Å². The van der Waals surface area contributed by atoms with Crippen molar-refractivity contribution in [2.75, 3.05) is 19.0 Å². The maximum atomic E-state index is 5.96. The summed E-state index contributed by atoms with van der Waals surface area (Å²) in [6.07, 6.45) is 2.97. The fraction of sp³-hybridized carbons (Fsp3) is 0.400. The number of nitrogens with zero attached hydrogens (tertiary/aromatic N) is 2. The Morgan fingerprint density at radius 2 is 2.15 bits per heavy atom. The third-order valence-electron chi connectivity index (χ3n) is 3.35. The minimum absolute atomic E-state index is 0.324. The summed E-state index contributed by atoms with van der Waals surface area (Å²) in [5, 5.41) is 3.27. The first kappa shape index (κ1) is 15.3. The van der Waals surface area contributed by atoms with Gasteiger partial charge in [-0.1, -0.05) is 18.5 Å². The molecule has 20 heavy (non-hydrogen) atoms. The average molecular weight is 310 g/mol. The molecule has 0 amide bonds. The van der Waals surface area contributed by atoms with Gasteiger partial charge in [-0.3, -0.25) is 4.98 Å². The number of rotatable bonds is 6. The van der Waals surface area contributed by atoms with Gasteiger partial charge in [0.15, 0.2) is 0 Å². The summed E-state index contributed by atoms with van der Waals surface area (Å²) in [4.78, 5) is 7.99. The highest BCUT2D eigenvalue weighted by molar-refractivity contribution is 7.16. The van der Waals surface area contributed by atoms with Crippen LogP contribution in [-0.4, -0.2) is 19.1 Å². The van der Waals surface area contributed by atoms with Crippen LogP contribution in [0.15, 0.2) is 30.5 Å². The topological polar surface area (TPSA) is 28.2 Å². The molecular formula is C15H20ClN3S. The standard InChI is InChI=1S/C15H20ClN3S/c1-4-13(17-2)14-7-5-11(9-18-14)19(3)10-12-6-8-15(16)20-12/h5-9,13,17H,4,10H2,1-3H3. The van der Waals surface area contributed by atoms with Crippen LogP contribution in [0, 0.1) is 0 Å². The molecule has 1 unspecified atom stereocenters. The van der Waals surface area contributed by atoms with E-state index in [1.165, 1.54) is 4.88 Å². The number of aromatic nitrogens is 1. The van der Waals surface area contributed by atoms with E-state index < -0.39 is 0 Å². The maximum Gasteiger partial charge on any atom is 0.0931 e. The number of thiophene rings is 1. The highest BCUT2D eigenvalue weighted by Crippen LogP contribution is 2.24. The number of nitrogens with one attached hydrogen (secondary N) is 1. The zero-order valence-electron chi connectivity index (χ0n) is 12.1. The number of anilines is 1. The predicted octanol–water partition coefficient (Wildman–Crippen LogP) is 4.10. The largest absolute Gasteiger partial charge is 0.368 e. The third kappa shape index (κ3) is 3.72. The first-order valence-electron chi connectivity index (χ1n) is 6.72. The Labute approximate surface area is 129 Å². The van der Waals surface area contributed by atoms with Gasteiger partial charge < -0.3 is 10.2 Å². The first-order chi connectivity index (χ1) is 9.63. The van der Waals surface area contributed by atoms with E-state index in [1.807, 2.05) is 19.3 Å². The Hall–Kier alpha value is -1.10. The van der Waals surface area contributed by atoms with Gasteiger partial charge in [-0.25, -0.2) is 0 Å². The van der Waals surface area contributed by atoms with Crippen molar-refractivity contribution in [2.45, 2.75) is 25.9 Å². The van der Waals surface area contributed by atoms with Crippen LogP contribution in [0.25, 0.3) is 0 Å². The second kappa shape index (κ2) is 7.07. The maximum absolute atomic E-state index is 5.96. The molecule has 1 N–H and O–H groups in total.